The summed E-state index contributed by atoms with van der Waals surface area (Å²) in [7, 11) is 0. The zero-order valence-corrected chi connectivity index (χ0v) is 10.0. The topological polar surface area (TPSA) is 38.8 Å². The van der Waals surface area contributed by atoms with Gasteiger partial charge in [-0.1, -0.05) is 13.8 Å². The van der Waals surface area contributed by atoms with Gasteiger partial charge in [0, 0.05) is 0 Å². The molecule has 1 saturated heterocycles. The number of carbonyl (C=O) groups is 1. The van der Waals surface area contributed by atoms with Crippen LogP contribution < -0.4 is 0 Å². The van der Waals surface area contributed by atoms with E-state index in [2.05, 4.69) is 13.8 Å². The van der Waals surface area contributed by atoms with Crippen molar-refractivity contribution in [1.29, 1.82) is 0 Å². The summed E-state index contributed by atoms with van der Waals surface area (Å²) in [5, 5.41) is 0. The lowest BCUT2D eigenvalue weighted by Gasteiger charge is -2.38. The maximum atomic E-state index is 12.0. The number of hydrogen-bond donors (Lipinski definition) is 0. The van der Waals surface area contributed by atoms with Crippen molar-refractivity contribution in [3.05, 3.63) is 0 Å². The molecule has 0 radical (unpaired) electrons. The number of epoxide rings is 1. The molecule has 3 heteroatoms. The minimum absolute atomic E-state index is 0.00595. The van der Waals surface area contributed by atoms with Crippen LogP contribution >= 0.6 is 0 Å². The lowest BCUT2D eigenvalue weighted by Crippen LogP contribution is -2.46. The quantitative estimate of drug-likeness (QED) is 0.520. The molecule has 0 aromatic carbocycles. The average molecular weight is 212 g/mol. The summed E-state index contributed by atoms with van der Waals surface area (Å²) < 4.78 is 10.8. The zero-order chi connectivity index (χ0) is 11.3. The van der Waals surface area contributed by atoms with E-state index in [9.17, 15) is 4.79 Å². The molecular formula is C12H20O3. The van der Waals surface area contributed by atoms with Crippen molar-refractivity contribution in [2.75, 3.05) is 6.61 Å². The van der Waals surface area contributed by atoms with Gasteiger partial charge in [0.2, 0.25) is 0 Å². The first-order valence-corrected chi connectivity index (χ1v) is 5.76. The van der Waals surface area contributed by atoms with Crippen molar-refractivity contribution >= 4 is 5.97 Å². The Kier molecular flexibility index (Phi) is 2.34. The molecule has 1 aliphatic carbocycles. The van der Waals surface area contributed by atoms with Crippen molar-refractivity contribution in [2.24, 2.45) is 11.3 Å². The highest BCUT2D eigenvalue weighted by atomic mass is 16.6. The standard InChI is InChI=1S/C12H20O3/c1-5-14-10(13)9-11(2,3)7-6-8-12(9,4)15-8/h8-9H,5-7H2,1-4H3. The molecule has 3 nitrogen and oxygen atoms in total. The van der Waals surface area contributed by atoms with Crippen LogP contribution in [0.15, 0.2) is 0 Å². The van der Waals surface area contributed by atoms with E-state index >= 15 is 0 Å². The Hall–Kier alpha value is -0.570. The third-order valence-electron chi connectivity index (χ3n) is 3.91. The fourth-order valence-corrected chi connectivity index (χ4v) is 3.07. The van der Waals surface area contributed by atoms with E-state index in [1.54, 1.807) is 0 Å². The highest BCUT2D eigenvalue weighted by Gasteiger charge is 2.67. The molecule has 86 valence electrons. The smallest absolute Gasteiger partial charge is 0.312 e. The van der Waals surface area contributed by atoms with E-state index < -0.39 is 0 Å². The first-order chi connectivity index (χ1) is 6.92. The minimum atomic E-state index is -0.256. The lowest BCUT2D eigenvalue weighted by atomic mass is 9.64. The third-order valence-corrected chi connectivity index (χ3v) is 3.91. The van der Waals surface area contributed by atoms with Crippen LogP contribution in [0, 0.1) is 11.3 Å². The van der Waals surface area contributed by atoms with Gasteiger partial charge in [0.1, 0.15) is 5.60 Å². The van der Waals surface area contributed by atoms with Crippen LogP contribution in [-0.2, 0) is 14.3 Å². The van der Waals surface area contributed by atoms with E-state index in [1.807, 2.05) is 13.8 Å². The van der Waals surface area contributed by atoms with E-state index in [1.165, 1.54) is 0 Å². The van der Waals surface area contributed by atoms with Crippen molar-refractivity contribution in [1.82, 2.24) is 0 Å². The average Bonchev–Trinajstić information content (AvgIpc) is 2.74. The van der Waals surface area contributed by atoms with Gasteiger partial charge in [-0.2, -0.15) is 0 Å². The fraction of sp³-hybridized carbons (Fsp3) is 0.917. The molecule has 1 heterocycles. The number of rotatable bonds is 2. The second-order valence-corrected chi connectivity index (χ2v) is 5.50. The fourth-order valence-electron chi connectivity index (χ4n) is 3.07. The molecule has 0 aromatic heterocycles. The summed E-state index contributed by atoms with van der Waals surface area (Å²) in [5.41, 5.74) is -0.262. The first kappa shape index (κ1) is 10.9. The molecule has 0 N–H and O–H groups in total. The van der Waals surface area contributed by atoms with Crippen LogP contribution in [0.2, 0.25) is 0 Å². The molecule has 0 spiro atoms. The number of esters is 1. The maximum Gasteiger partial charge on any atom is 0.312 e. The van der Waals surface area contributed by atoms with Gasteiger partial charge in [0.15, 0.2) is 0 Å². The van der Waals surface area contributed by atoms with Crippen LogP contribution in [0.1, 0.15) is 40.5 Å². The molecular weight excluding hydrogens is 192 g/mol. The zero-order valence-electron chi connectivity index (χ0n) is 10.0. The summed E-state index contributed by atoms with van der Waals surface area (Å²) in [4.78, 5) is 12.0. The number of carbonyl (C=O) groups excluding carboxylic acids is 1. The van der Waals surface area contributed by atoms with Gasteiger partial charge >= 0.3 is 5.97 Å². The Morgan fingerprint density at radius 2 is 2.13 bits per heavy atom. The Labute approximate surface area is 91.1 Å². The van der Waals surface area contributed by atoms with Crippen molar-refractivity contribution in [2.45, 2.75) is 52.2 Å². The second kappa shape index (κ2) is 3.21. The Morgan fingerprint density at radius 1 is 1.47 bits per heavy atom. The number of hydrogen-bond acceptors (Lipinski definition) is 3. The Morgan fingerprint density at radius 3 is 2.73 bits per heavy atom. The van der Waals surface area contributed by atoms with Crippen molar-refractivity contribution in [3.63, 3.8) is 0 Å². The summed E-state index contributed by atoms with van der Waals surface area (Å²) >= 11 is 0. The monoisotopic (exact) mass is 212 g/mol. The van der Waals surface area contributed by atoms with Crippen LogP contribution in [-0.4, -0.2) is 24.3 Å². The number of ether oxygens (including phenoxy) is 2. The van der Waals surface area contributed by atoms with E-state index in [-0.39, 0.29) is 29.0 Å². The van der Waals surface area contributed by atoms with Gasteiger partial charge in [-0.15, -0.1) is 0 Å². The van der Waals surface area contributed by atoms with Gasteiger partial charge in [-0.25, -0.2) is 0 Å². The predicted octanol–water partition coefficient (Wildman–Crippen LogP) is 2.14. The third kappa shape index (κ3) is 1.57. The van der Waals surface area contributed by atoms with Crippen molar-refractivity contribution < 1.29 is 14.3 Å². The SMILES string of the molecule is CCOC(=O)C1C(C)(C)CCC2OC21C. The van der Waals surface area contributed by atoms with E-state index in [0.29, 0.717) is 6.61 Å². The Balaban J connectivity index is 2.21. The van der Waals surface area contributed by atoms with Crippen LogP contribution in [0.4, 0.5) is 0 Å². The molecule has 0 bridgehead atoms. The molecule has 1 saturated carbocycles. The van der Waals surface area contributed by atoms with E-state index in [0.717, 1.165) is 12.8 Å². The van der Waals surface area contributed by atoms with Gasteiger partial charge in [-0.05, 0) is 32.1 Å². The minimum Gasteiger partial charge on any atom is -0.466 e. The van der Waals surface area contributed by atoms with Crippen LogP contribution in [0.5, 0.6) is 0 Å². The highest BCUT2D eigenvalue weighted by molar-refractivity contribution is 5.76. The molecule has 0 amide bonds. The van der Waals surface area contributed by atoms with Gasteiger partial charge in [0.25, 0.3) is 0 Å². The molecule has 2 rings (SSSR count). The normalized spacial score (nSPS) is 41.9. The molecule has 3 atom stereocenters. The van der Waals surface area contributed by atoms with Gasteiger partial charge in [0.05, 0.1) is 18.6 Å². The van der Waals surface area contributed by atoms with Crippen LogP contribution in [0.3, 0.4) is 0 Å². The number of fused-ring (bicyclic) bond motifs is 1. The van der Waals surface area contributed by atoms with Crippen LogP contribution in [0.25, 0.3) is 0 Å². The van der Waals surface area contributed by atoms with E-state index in [4.69, 9.17) is 9.47 Å². The second-order valence-electron chi connectivity index (χ2n) is 5.50. The highest BCUT2D eigenvalue weighted by Crippen LogP contribution is 2.58. The first-order valence-electron chi connectivity index (χ1n) is 5.76. The predicted molar refractivity (Wildman–Crippen MR) is 56.4 cm³/mol. The van der Waals surface area contributed by atoms with Gasteiger partial charge in [-0.3, -0.25) is 4.79 Å². The molecule has 0 aromatic rings. The summed E-state index contributed by atoms with van der Waals surface area (Å²) in [6.07, 6.45) is 2.38. The summed E-state index contributed by atoms with van der Waals surface area (Å²) in [6.45, 7) is 8.61. The molecule has 1 aliphatic heterocycles. The largest absolute Gasteiger partial charge is 0.466 e. The maximum absolute atomic E-state index is 12.0. The molecule has 15 heavy (non-hydrogen) atoms. The lowest BCUT2D eigenvalue weighted by molar-refractivity contribution is -0.156. The molecule has 3 unspecified atom stereocenters. The Bertz CT molecular complexity index is 280. The molecule has 2 fully saturated rings. The van der Waals surface area contributed by atoms with Crippen molar-refractivity contribution in [3.8, 4) is 0 Å². The summed E-state index contributed by atoms with van der Waals surface area (Å²) in [6, 6.07) is 0. The summed E-state index contributed by atoms with van der Waals surface area (Å²) in [5.74, 6) is -0.198. The van der Waals surface area contributed by atoms with Gasteiger partial charge < -0.3 is 9.47 Å². The molecule has 2 aliphatic rings.